The van der Waals surface area contributed by atoms with E-state index >= 15 is 0 Å². The molecule has 2 N–H and O–H groups in total. The zero-order valence-corrected chi connectivity index (χ0v) is 17.0. The van der Waals surface area contributed by atoms with E-state index in [2.05, 4.69) is 26.2 Å². The van der Waals surface area contributed by atoms with E-state index in [0.29, 0.717) is 17.2 Å². The predicted molar refractivity (Wildman–Crippen MR) is 96.2 cm³/mol. The molecule has 2 aromatic rings. The fraction of sp³-hybridized carbons (Fsp3) is 0.286. The highest BCUT2D eigenvalue weighted by molar-refractivity contribution is 9.10. The lowest BCUT2D eigenvalue weighted by Crippen LogP contribution is -2.42. The number of halogens is 5. The van der Waals surface area contributed by atoms with Gasteiger partial charge in [0.2, 0.25) is 10.0 Å². The Bertz CT molecular complexity index is 978. The second kappa shape index (κ2) is 7.78. The fourth-order valence-corrected chi connectivity index (χ4v) is 4.34. The van der Waals surface area contributed by atoms with Gasteiger partial charge in [-0.25, -0.2) is 13.4 Å². The number of aryl methyl sites for hydroxylation is 1. The fourth-order valence-electron chi connectivity index (χ4n) is 2.05. The van der Waals surface area contributed by atoms with Gasteiger partial charge in [0.15, 0.2) is 0 Å². The van der Waals surface area contributed by atoms with Gasteiger partial charge in [0.25, 0.3) is 5.91 Å². The molecular weight excluding hydrogens is 477 g/mol. The molecule has 148 valence electrons. The molecule has 2 aromatic heterocycles. The Morgan fingerprint density at radius 3 is 2.59 bits per heavy atom. The van der Waals surface area contributed by atoms with Gasteiger partial charge in [0, 0.05) is 25.1 Å². The first-order chi connectivity index (χ1) is 12.3. The molecule has 0 aliphatic carbocycles. The maximum atomic E-state index is 12.6. The lowest BCUT2D eigenvalue weighted by Gasteiger charge is -2.16. The zero-order chi connectivity index (χ0) is 20.6. The Kier molecular flexibility index (Phi) is 6.24. The SMILES string of the molecule is CC(NS(=O)(=O)c1cn(C)c(C(=O)Nc2ccnc(Br)c2)c1Cl)C(F)(F)F. The van der Waals surface area contributed by atoms with Gasteiger partial charge < -0.3 is 9.88 Å². The summed E-state index contributed by atoms with van der Waals surface area (Å²) in [6.07, 6.45) is -2.39. The number of carbonyl (C=O) groups is 1. The normalized spacial score (nSPS) is 13.4. The van der Waals surface area contributed by atoms with Crippen LogP contribution in [0.15, 0.2) is 34.0 Å². The Balaban J connectivity index is 2.34. The summed E-state index contributed by atoms with van der Waals surface area (Å²) in [6.45, 7) is 0.656. The van der Waals surface area contributed by atoms with Crippen LogP contribution in [-0.4, -0.2) is 36.1 Å². The van der Waals surface area contributed by atoms with Gasteiger partial charge in [0.1, 0.15) is 21.2 Å². The number of anilines is 1. The molecule has 0 radical (unpaired) electrons. The molecule has 0 aliphatic rings. The molecule has 1 amide bonds. The number of aromatic nitrogens is 2. The molecule has 0 bridgehead atoms. The zero-order valence-electron chi connectivity index (χ0n) is 13.8. The number of hydrogen-bond donors (Lipinski definition) is 2. The molecule has 2 rings (SSSR count). The molecule has 0 saturated carbocycles. The monoisotopic (exact) mass is 488 g/mol. The van der Waals surface area contributed by atoms with Crippen molar-refractivity contribution in [3.8, 4) is 0 Å². The standard InChI is InChI=1S/C14H13BrClF3N4O3S/c1-7(14(17,18)19)22-27(25,26)9-6-23(2)12(11(9)16)13(24)21-8-3-4-20-10(15)5-8/h3-7,22H,1-2H3,(H,20,21,24). The average Bonchev–Trinajstić information content (AvgIpc) is 2.81. The summed E-state index contributed by atoms with van der Waals surface area (Å²) in [5.74, 6) is -0.745. The maximum absolute atomic E-state index is 12.6. The third-order valence-electron chi connectivity index (χ3n) is 3.40. The van der Waals surface area contributed by atoms with Gasteiger partial charge in [-0.15, -0.1) is 0 Å². The molecule has 2 heterocycles. The summed E-state index contributed by atoms with van der Waals surface area (Å²) in [4.78, 5) is 15.7. The van der Waals surface area contributed by atoms with Gasteiger partial charge in [-0.2, -0.15) is 17.9 Å². The van der Waals surface area contributed by atoms with Crippen LogP contribution < -0.4 is 10.0 Å². The molecular formula is C14H13BrClF3N4O3S. The van der Waals surface area contributed by atoms with Crippen LogP contribution in [0.25, 0.3) is 0 Å². The van der Waals surface area contributed by atoms with Crippen LogP contribution in [0.2, 0.25) is 5.02 Å². The highest BCUT2D eigenvalue weighted by atomic mass is 79.9. The van der Waals surface area contributed by atoms with Crippen molar-refractivity contribution in [2.75, 3.05) is 5.32 Å². The van der Waals surface area contributed by atoms with Crippen molar-refractivity contribution in [1.29, 1.82) is 0 Å². The summed E-state index contributed by atoms with van der Waals surface area (Å²) in [7, 11) is -3.27. The molecule has 0 aromatic carbocycles. The van der Waals surface area contributed by atoms with Crippen molar-refractivity contribution >= 4 is 49.1 Å². The lowest BCUT2D eigenvalue weighted by atomic mass is 10.3. The van der Waals surface area contributed by atoms with Crippen molar-refractivity contribution in [3.05, 3.63) is 39.8 Å². The Hall–Kier alpha value is -1.63. The van der Waals surface area contributed by atoms with Crippen LogP contribution in [0, 0.1) is 0 Å². The van der Waals surface area contributed by atoms with Gasteiger partial charge in [-0.05, 0) is 35.0 Å². The summed E-state index contributed by atoms with van der Waals surface area (Å²) in [5, 5.41) is 2.01. The molecule has 27 heavy (non-hydrogen) atoms. The van der Waals surface area contributed by atoms with E-state index in [1.165, 1.54) is 30.1 Å². The molecule has 0 saturated heterocycles. The van der Waals surface area contributed by atoms with Crippen molar-refractivity contribution in [2.24, 2.45) is 7.05 Å². The molecule has 1 atom stereocenters. The Morgan fingerprint density at radius 2 is 2.04 bits per heavy atom. The first kappa shape index (κ1) is 21.7. The van der Waals surface area contributed by atoms with Gasteiger partial charge in [0.05, 0.1) is 5.02 Å². The minimum atomic E-state index is -4.77. The highest BCUT2D eigenvalue weighted by Crippen LogP contribution is 2.29. The molecule has 0 fully saturated rings. The molecule has 1 unspecified atom stereocenters. The smallest absolute Gasteiger partial charge is 0.344 e. The number of amides is 1. The Labute approximate surface area is 166 Å². The quantitative estimate of drug-likeness (QED) is 0.630. The van der Waals surface area contributed by atoms with Crippen LogP contribution >= 0.6 is 27.5 Å². The van der Waals surface area contributed by atoms with Crippen LogP contribution in [0.3, 0.4) is 0 Å². The first-order valence-corrected chi connectivity index (χ1v) is 9.85. The van der Waals surface area contributed by atoms with E-state index in [1.807, 2.05) is 0 Å². The van der Waals surface area contributed by atoms with Crippen molar-refractivity contribution in [3.63, 3.8) is 0 Å². The second-order valence-electron chi connectivity index (χ2n) is 5.47. The summed E-state index contributed by atoms with van der Waals surface area (Å²) < 4.78 is 65.5. The lowest BCUT2D eigenvalue weighted by molar-refractivity contribution is -0.147. The van der Waals surface area contributed by atoms with E-state index in [4.69, 9.17) is 11.6 Å². The number of pyridine rings is 1. The van der Waals surface area contributed by atoms with Crippen molar-refractivity contribution < 1.29 is 26.4 Å². The number of nitrogens with zero attached hydrogens (tertiary/aromatic N) is 2. The number of nitrogens with one attached hydrogen (secondary N) is 2. The highest BCUT2D eigenvalue weighted by Gasteiger charge is 2.40. The predicted octanol–water partition coefficient (Wildman–Crippen LogP) is 3.32. The van der Waals surface area contributed by atoms with Crippen LogP contribution in [0.1, 0.15) is 17.4 Å². The molecule has 0 aliphatic heterocycles. The summed E-state index contributed by atoms with van der Waals surface area (Å²) in [5.41, 5.74) is 0.122. The van der Waals surface area contributed by atoms with E-state index in [-0.39, 0.29) is 5.69 Å². The Morgan fingerprint density at radius 1 is 1.41 bits per heavy atom. The molecule has 13 heteroatoms. The van der Waals surface area contributed by atoms with Gasteiger partial charge in [-0.3, -0.25) is 4.79 Å². The second-order valence-corrected chi connectivity index (χ2v) is 8.35. The van der Waals surface area contributed by atoms with Crippen LogP contribution in [0.4, 0.5) is 18.9 Å². The third-order valence-corrected chi connectivity index (χ3v) is 5.88. The summed E-state index contributed by atoms with van der Waals surface area (Å²) >= 11 is 9.13. The number of carbonyl (C=O) groups excluding carboxylic acids is 1. The number of sulfonamides is 1. The minimum Gasteiger partial charge on any atom is -0.344 e. The van der Waals surface area contributed by atoms with Crippen LogP contribution in [-0.2, 0) is 17.1 Å². The van der Waals surface area contributed by atoms with Crippen LogP contribution in [0.5, 0.6) is 0 Å². The van der Waals surface area contributed by atoms with Gasteiger partial charge >= 0.3 is 6.18 Å². The van der Waals surface area contributed by atoms with E-state index < -0.39 is 38.1 Å². The van der Waals surface area contributed by atoms with E-state index in [1.54, 1.807) is 0 Å². The number of rotatable bonds is 5. The molecule has 7 nitrogen and oxygen atoms in total. The molecule has 0 spiro atoms. The minimum absolute atomic E-state index is 0.232. The maximum Gasteiger partial charge on any atom is 0.404 e. The largest absolute Gasteiger partial charge is 0.404 e. The van der Waals surface area contributed by atoms with E-state index in [9.17, 15) is 26.4 Å². The van der Waals surface area contributed by atoms with Crippen molar-refractivity contribution in [2.45, 2.75) is 24.0 Å². The van der Waals surface area contributed by atoms with Crippen molar-refractivity contribution in [1.82, 2.24) is 14.3 Å². The van der Waals surface area contributed by atoms with Gasteiger partial charge in [-0.1, -0.05) is 11.6 Å². The number of hydrogen-bond acceptors (Lipinski definition) is 4. The summed E-state index contributed by atoms with van der Waals surface area (Å²) in [6, 6.07) is 0.660. The third kappa shape index (κ3) is 5.00. The first-order valence-electron chi connectivity index (χ1n) is 7.19. The number of alkyl halides is 3. The average molecular weight is 490 g/mol. The topological polar surface area (TPSA) is 93.1 Å². The van der Waals surface area contributed by atoms with E-state index in [0.717, 1.165) is 10.8 Å².